The molecular weight excluding hydrogens is 697 g/mol. The van der Waals surface area contributed by atoms with Crippen LogP contribution in [0.2, 0.25) is 0 Å². The highest BCUT2D eigenvalue weighted by Gasteiger charge is 2.48. The maximum atomic E-state index is 5.37. The van der Waals surface area contributed by atoms with Crippen molar-refractivity contribution in [2.24, 2.45) is 0 Å². The van der Waals surface area contributed by atoms with Gasteiger partial charge in [0.2, 0.25) is 0 Å². The Morgan fingerprint density at radius 2 is 1.49 bits per heavy atom. The number of hydrogen-bond donors (Lipinski definition) is 0. The van der Waals surface area contributed by atoms with Gasteiger partial charge in [0.15, 0.2) is 5.82 Å². The van der Waals surface area contributed by atoms with E-state index in [0.717, 1.165) is 59.0 Å². The molecule has 7 aromatic rings. The molecule has 0 N–H and O–H groups in total. The molecule has 6 nitrogen and oxygen atoms in total. The molecule has 57 heavy (non-hydrogen) atoms. The van der Waals surface area contributed by atoms with Gasteiger partial charge in [0.25, 0.3) is 0 Å². The summed E-state index contributed by atoms with van der Waals surface area (Å²) in [5.41, 5.74) is 13.4. The molecule has 0 spiro atoms. The first-order valence-corrected chi connectivity index (χ1v) is 19.9. The maximum Gasteiger partial charge on any atom is 0.159 e. The SMILES string of the molecule is CC12CC(c3ccccn3)=CC=C1N(c1cc(-c3ccccc3)nc(C3C=CC=CC3)c1)c1c2ccc2c3cc(-c4ncccn4)ccc3n(C3C=CC=CC3)c12. The van der Waals surface area contributed by atoms with E-state index >= 15 is 0 Å². The lowest BCUT2D eigenvalue weighted by molar-refractivity contribution is 0.585. The van der Waals surface area contributed by atoms with Crippen LogP contribution in [0.1, 0.15) is 55.1 Å². The Bertz CT molecular complexity index is 2900. The number of fused-ring (bicyclic) bond motifs is 7. The van der Waals surface area contributed by atoms with E-state index in [1.165, 1.54) is 44.3 Å². The monoisotopic (exact) mass is 736 g/mol. The Kier molecular flexibility index (Phi) is 7.85. The summed E-state index contributed by atoms with van der Waals surface area (Å²) in [6, 6.07) is 35.0. The minimum absolute atomic E-state index is 0.140. The molecule has 0 saturated carbocycles. The van der Waals surface area contributed by atoms with Crippen LogP contribution in [0.5, 0.6) is 0 Å². The van der Waals surface area contributed by atoms with Crippen LogP contribution >= 0.6 is 0 Å². The molecule has 6 heteroatoms. The van der Waals surface area contributed by atoms with Crippen molar-refractivity contribution in [3.05, 3.63) is 199 Å². The summed E-state index contributed by atoms with van der Waals surface area (Å²) in [6.45, 7) is 2.43. The van der Waals surface area contributed by atoms with Crippen LogP contribution in [0.4, 0.5) is 11.4 Å². The van der Waals surface area contributed by atoms with Gasteiger partial charge in [0.1, 0.15) is 0 Å². The Hall–Kier alpha value is -6.92. The summed E-state index contributed by atoms with van der Waals surface area (Å²) in [5.74, 6) is 0.909. The quantitative estimate of drug-likeness (QED) is 0.170. The molecule has 3 aliphatic carbocycles. The number of nitrogens with zero attached hydrogens (tertiary/aromatic N) is 6. The van der Waals surface area contributed by atoms with E-state index in [0.29, 0.717) is 0 Å². The Morgan fingerprint density at radius 3 is 2.28 bits per heavy atom. The third-order valence-electron chi connectivity index (χ3n) is 12.2. The lowest BCUT2D eigenvalue weighted by atomic mass is 9.73. The van der Waals surface area contributed by atoms with Crippen LogP contribution in [0.3, 0.4) is 0 Å². The highest BCUT2D eigenvalue weighted by atomic mass is 15.2. The second-order valence-corrected chi connectivity index (χ2v) is 15.6. The number of aromatic nitrogens is 5. The number of rotatable bonds is 6. The van der Waals surface area contributed by atoms with Gasteiger partial charge < -0.3 is 9.47 Å². The molecule has 4 aromatic heterocycles. The van der Waals surface area contributed by atoms with E-state index in [2.05, 4.69) is 172 Å². The van der Waals surface area contributed by atoms with Crippen LogP contribution < -0.4 is 4.90 Å². The van der Waals surface area contributed by atoms with Gasteiger partial charge >= 0.3 is 0 Å². The molecule has 3 atom stereocenters. The molecule has 0 fully saturated rings. The zero-order valence-corrected chi connectivity index (χ0v) is 31.7. The van der Waals surface area contributed by atoms with E-state index in [9.17, 15) is 0 Å². The van der Waals surface area contributed by atoms with Crippen molar-refractivity contribution >= 4 is 38.8 Å². The molecule has 3 unspecified atom stereocenters. The molecule has 3 aromatic carbocycles. The van der Waals surface area contributed by atoms with Gasteiger partial charge in [-0.1, -0.05) is 103 Å². The predicted molar refractivity (Wildman–Crippen MR) is 232 cm³/mol. The van der Waals surface area contributed by atoms with Gasteiger partial charge in [-0.15, -0.1) is 0 Å². The van der Waals surface area contributed by atoms with Gasteiger partial charge in [-0.05, 0) is 91.9 Å². The maximum absolute atomic E-state index is 5.37. The molecule has 4 aliphatic rings. The average molecular weight is 737 g/mol. The van der Waals surface area contributed by atoms with E-state index < -0.39 is 0 Å². The van der Waals surface area contributed by atoms with Crippen LogP contribution in [-0.2, 0) is 5.41 Å². The summed E-state index contributed by atoms with van der Waals surface area (Å²) >= 11 is 0. The highest BCUT2D eigenvalue weighted by molar-refractivity contribution is 6.15. The molecule has 5 heterocycles. The predicted octanol–water partition coefficient (Wildman–Crippen LogP) is 12.1. The van der Waals surface area contributed by atoms with Gasteiger partial charge in [-0.3, -0.25) is 9.97 Å². The van der Waals surface area contributed by atoms with Gasteiger partial charge in [-0.2, -0.15) is 0 Å². The summed E-state index contributed by atoms with van der Waals surface area (Å²) < 4.78 is 2.59. The minimum atomic E-state index is -0.332. The number of allylic oxidation sites excluding steroid dienone is 12. The summed E-state index contributed by atoms with van der Waals surface area (Å²) in [5, 5.41) is 2.41. The first kappa shape index (κ1) is 33.4. The van der Waals surface area contributed by atoms with E-state index in [4.69, 9.17) is 9.97 Å². The van der Waals surface area contributed by atoms with Crippen LogP contribution in [-0.4, -0.2) is 24.5 Å². The number of pyridine rings is 2. The standard InChI is InChI=1S/C51H40N6/c1-51-33-37(43-20-11-12-27-52-43)22-26-47(51)57(39-31-44(34-14-5-2-6-15-34)55-45(32-39)35-16-7-3-8-17-35)49-42(51)24-23-40-41-30-36(50-53-28-13-29-54-50)21-25-46(41)56(48(40)49)38-18-9-4-10-19-38/h2-16,18,20-32,35,38H,17,19,33H2,1H3. The Balaban J connectivity index is 1.22. The topological polar surface area (TPSA) is 59.7 Å². The molecular formula is C51H40N6. The molecule has 0 radical (unpaired) electrons. The lowest BCUT2D eigenvalue weighted by Crippen LogP contribution is -2.28. The lowest BCUT2D eigenvalue weighted by Gasteiger charge is -2.34. The third-order valence-corrected chi connectivity index (χ3v) is 12.2. The van der Waals surface area contributed by atoms with Crippen molar-refractivity contribution in [2.75, 3.05) is 4.90 Å². The van der Waals surface area contributed by atoms with Crippen LogP contribution in [0.25, 0.3) is 50.0 Å². The van der Waals surface area contributed by atoms with Gasteiger partial charge in [0, 0.05) is 68.7 Å². The summed E-state index contributed by atoms with van der Waals surface area (Å²) in [6.07, 6.45) is 30.7. The fourth-order valence-corrected chi connectivity index (χ4v) is 9.46. The van der Waals surface area contributed by atoms with Crippen LogP contribution in [0, 0.1) is 0 Å². The van der Waals surface area contributed by atoms with Crippen LogP contribution in [0.15, 0.2) is 182 Å². The van der Waals surface area contributed by atoms with E-state index in [1.807, 2.05) is 30.7 Å². The normalized spacial score (nSPS) is 20.8. The zero-order valence-electron chi connectivity index (χ0n) is 31.7. The zero-order chi connectivity index (χ0) is 37.9. The van der Waals surface area contributed by atoms with Crippen molar-refractivity contribution in [1.29, 1.82) is 0 Å². The Labute approximate surface area is 332 Å². The molecule has 0 amide bonds. The van der Waals surface area contributed by atoms with Gasteiger partial charge in [-0.25, -0.2) is 9.97 Å². The molecule has 1 aliphatic heterocycles. The molecule has 0 saturated heterocycles. The fraction of sp³-hybridized carbons (Fsp3) is 0.137. The Morgan fingerprint density at radius 1 is 0.667 bits per heavy atom. The van der Waals surface area contributed by atoms with Gasteiger partial charge in [0.05, 0.1) is 34.3 Å². The van der Waals surface area contributed by atoms with Crippen molar-refractivity contribution in [1.82, 2.24) is 24.5 Å². The fourth-order valence-electron chi connectivity index (χ4n) is 9.46. The molecule has 0 bridgehead atoms. The second-order valence-electron chi connectivity index (χ2n) is 15.6. The highest BCUT2D eigenvalue weighted by Crippen LogP contribution is 2.60. The average Bonchev–Trinajstić information content (AvgIpc) is 3.76. The first-order chi connectivity index (χ1) is 28.1. The smallest absolute Gasteiger partial charge is 0.159 e. The minimum Gasteiger partial charge on any atom is -0.331 e. The first-order valence-electron chi connectivity index (χ1n) is 19.9. The number of benzene rings is 3. The van der Waals surface area contributed by atoms with Crippen molar-refractivity contribution in [3.63, 3.8) is 0 Å². The van der Waals surface area contributed by atoms with Crippen molar-refractivity contribution in [3.8, 4) is 22.6 Å². The van der Waals surface area contributed by atoms with Crippen molar-refractivity contribution in [2.45, 2.75) is 43.6 Å². The van der Waals surface area contributed by atoms with Crippen molar-refractivity contribution < 1.29 is 0 Å². The largest absolute Gasteiger partial charge is 0.331 e. The summed E-state index contributed by atoms with van der Waals surface area (Å²) in [4.78, 5) is 22.0. The number of anilines is 2. The third kappa shape index (κ3) is 5.47. The second kappa shape index (κ2) is 13.4. The number of hydrogen-bond acceptors (Lipinski definition) is 5. The molecule has 274 valence electrons. The molecule has 11 rings (SSSR count). The summed E-state index contributed by atoms with van der Waals surface area (Å²) in [7, 11) is 0. The van der Waals surface area contributed by atoms with E-state index in [-0.39, 0.29) is 17.4 Å². The van der Waals surface area contributed by atoms with E-state index in [1.54, 1.807) is 0 Å².